The summed E-state index contributed by atoms with van der Waals surface area (Å²) in [5.74, 6) is 1.65. The molecule has 4 heterocycles. The number of aromatic nitrogens is 4. The van der Waals surface area contributed by atoms with E-state index in [0.29, 0.717) is 41.7 Å². The predicted molar refractivity (Wildman–Crippen MR) is 115 cm³/mol. The van der Waals surface area contributed by atoms with E-state index in [1.165, 1.54) is 17.4 Å². The Kier molecular flexibility index (Phi) is 4.33. The molecule has 8 nitrogen and oxygen atoms in total. The number of thiazole rings is 1. The lowest BCUT2D eigenvalue weighted by atomic mass is 10.0. The maximum absolute atomic E-state index is 6.06. The van der Waals surface area contributed by atoms with Crippen molar-refractivity contribution in [2.45, 2.75) is 6.54 Å². The Hall–Kier alpha value is -3.17. The van der Waals surface area contributed by atoms with Crippen LogP contribution in [0.25, 0.3) is 21.5 Å². The molecule has 1 aromatic carbocycles. The van der Waals surface area contributed by atoms with Crippen LogP contribution in [-0.4, -0.2) is 33.1 Å². The largest absolute Gasteiger partial charge is 0.491 e. The van der Waals surface area contributed by atoms with Crippen LogP contribution in [0.1, 0.15) is 5.56 Å². The Bertz CT molecular complexity index is 1210. The summed E-state index contributed by atoms with van der Waals surface area (Å²) in [5, 5.41) is 0.824. The quantitative estimate of drug-likeness (QED) is 0.469. The van der Waals surface area contributed by atoms with Gasteiger partial charge < -0.3 is 21.1 Å². The average molecular weight is 426 g/mol. The maximum Gasteiger partial charge on any atom is 0.229 e. The number of anilines is 3. The SMILES string of the molecule is Nc1cc(Cl)nc(N2CCOc3ccc(-c4cnc5sc(N)nc5c4)cc3C2)n1. The van der Waals surface area contributed by atoms with Crippen molar-refractivity contribution in [3.63, 3.8) is 0 Å². The Balaban J connectivity index is 1.51. The minimum absolute atomic E-state index is 0.313. The molecular formula is C19H16ClN7OS. The van der Waals surface area contributed by atoms with Crippen molar-refractivity contribution in [3.8, 4) is 16.9 Å². The van der Waals surface area contributed by atoms with Gasteiger partial charge in [-0.25, -0.2) is 15.0 Å². The molecule has 0 saturated heterocycles. The molecule has 0 radical (unpaired) electrons. The first-order valence-electron chi connectivity index (χ1n) is 8.88. The number of hydrogen-bond donors (Lipinski definition) is 2. The molecule has 0 unspecified atom stereocenters. The van der Waals surface area contributed by atoms with E-state index in [1.54, 1.807) is 0 Å². The van der Waals surface area contributed by atoms with Crippen molar-refractivity contribution in [1.29, 1.82) is 0 Å². The van der Waals surface area contributed by atoms with E-state index in [4.69, 9.17) is 27.8 Å². The number of fused-ring (bicyclic) bond motifs is 2. The van der Waals surface area contributed by atoms with Crippen LogP contribution < -0.4 is 21.1 Å². The monoisotopic (exact) mass is 425 g/mol. The number of rotatable bonds is 2. The minimum Gasteiger partial charge on any atom is -0.491 e. The number of benzene rings is 1. The number of pyridine rings is 1. The van der Waals surface area contributed by atoms with Gasteiger partial charge in [-0.1, -0.05) is 29.0 Å². The van der Waals surface area contributed by atoms with E-state index in [9.17, 15) is 0 Å². The van der Waals surface area contributed by atoms with Crippen LogP contribution in [0.4, 0.5) is 16.9 Å². The third-order valence-corrected chi connectivity index (χ3v) is 5.63. The molecule has 29 heavy (non-hydrogen) atoms. The van der Waals surface area contributed by atoms with Crippen molar-refractivity contribution >= 4 is 50.2 Å². The molecule has 0 atom stereocenters. The summed E-state index contributed by atoms with van der Waals surface area (Å²) < 4.78 is 5.92. The molecule has 0 amide bonds. The van der Waals surface area contributed by atoms with Crippen LogP contribution in [0.3, 0.4) is 0 Å². The zero-order valence-corrected chi connectivity index (χ0v) is 16.7. The van der Waals surface area contributed by atoms with E-state index >= 15 is 0 Å². The van der Waals surface area contributed by atoms with E-state index in [0.717, 1.165) is 32.8 Å². The fraction of sp³-hybridized carbons (Fsp3) is 0.158. The topological polar surface area (TPSA) is 116 Å². The molecule has 1 aliphatic heterocycles. The van der Waals surface area contributed by atoms with E-state index in [2.05, 4.69) is 26.0 Å². The Labute approximate surface area is 175 Å². The molecule has 0 spiro atoms. The molecule has 3 aromatic heterocycles. The van der Waals surface area contributed by atoms with Crippen LogP contribution in [-0.2, 0) is 6.54 Å². The second-order valence-corrected chi connectivity index (χ2v) is 8.00. The molecule has 0 fully saturated rings. The third-order valence-electron chi connectivity index (χ3n) is 4.62. The van der Waals surface area contributed by atoms with Gasteiger partial charge >= 0.3 is 0 Å². The Morgan fingerprint density at radius 2 is 1.97 bits per heavy atom. The standard InChI is InChI=1S/C19H16ClN7OS/c20-15-7-16(21)26-19(25-15)27-3-4-28-14-2-1-10(5-12(14)9-27)11-6-13-17(23-8-11)29-18(22)24-13/h1-2,5-8H,3-4,9H2,(H2,22,24)(H2,21,25,26). The Morgan fingerprint density at radius 3 is 2.83 bits per heavy atom. The second kappa shape index (κ2) is 7.02. The predicted octanol–water partition coefficient (Wildman–Crippen LogP) is 3.37. The lowest BCUT2D eigenvalue weighted by Crippen LogP contribution is -2.27. The molecule has 4 aromatic rings. The second-order valence-electron chi connectivity index (χ2n) is 6.61. The summed E-state index contributed by atoms with van der Waals surface area (Å²) in [5.41, 5.74) is 15.4. The van der Waals surface area contributed by atoms with Crippen LogP contribution in [0.5, 0.6) is 5.75 Å². The highest BCUT2D eigenvalue weighted by Crippen LogP contribution is 2.32. The van der Waals surface area contributed by atoms with E-state index in [1.807, 2.05) is 29.3 Å². The molecule has 10 heteroatoms. The van der Waals surface area contributed by atoms with Crippen LogP contribution in [0, 0.1) is 0 Å². The maximum atomic E-state index is 6.06. The fourth-order valence-corrected chi connectivity index (χ4v) is 4.15. The van der Waals surface area contributed by atoms with E-state index in [-0.39, 0.29) is 0 Å². The van der Waals surface area contributed by atoms with Gasteiger partial charge in [-0.05, 0) is 23.8 Å². The lowest BCUT2D eigenvalue weighted by molar-refractivity contribution is 0.331. The van der Waals surface area contributed by atoms with Gasteiger partial charge in [0, 0.05) is 29.9 Å². The molecule has 4 N–H and O–H groups in total. The van der Waals surface area contributed by atoms with Gasteiger partial charge in [-0.2, -0.15) is 4.98 Å². The number of halogens is 1. The highest BCUT2D eigenvalue weighted by atomic mass is 35.5. The average Bonchev–Trinajstić information content (AvgIpc) is 2.92. The number of nitrogens with zero attached hydrogens (tertiary/aromatic N) is 5. The molecule has 0 saturated carbocycles. The van der Waals surface area contributed by atoms with Gasteiger partial charge in [0.15, 0.2) is 5.13 Å². The van der Waals surface area contributed by atoms with Crippen LogP contribution in [0.2, 0.25) is 5.15 Å². The van der Waals surface area contributed by atoms with Crippen molar-refractivity contribution in [3.05, 3.63) is 47.2 Å². The summed E-state index contributed by atoms with van der Waals surface area (Å²) in [6, 6.07) is 9.59. The molecular weight excluding hydrogens is 410 g/mol. The summed E-state index contributed by atoms with van der Waals surface area (Å²) in [6.45, 7) is 1.70. The summed E-state index contributed by atoms with van der Waals surface area (Å²) in [7, 11) is 0. The van der Waals surface area contributed by atoms with Gasteiger partial charge in [-0.15, -0.1) is 0 Å². The minimum atomic E-state index is 0.313. The zero-order chi connectivity index (χ0) is 20.0. The summed E-state index contributed by atoms with van der Waals surface area (Å²) in [4.78, 5) is 20.3. The summed E-state index contributed by atoms with van der Waals surface area (Å²) >= 11 is 7.43. The van der Waals surface area contributed by atoms with Crippen molar-refractivity contribution < 1.29 is 4.74 Å². The highest BCUT2D eigenvalue weighted by Gasteiger charge is 2.19. The van der Waals surface area contributed by atoms with Crippen LogP contribution >= 0.6 is 22.9 Å². The highest BCUT2D eigenvalue weighted by molar-refractivity contribution is 7.21. The molecule has 5 rings (SSSR count). The number of nitrogen functional groups attached to an aromatic ring is 2. The Morgan fingerprint density at radius 1 is 1.07 bits per heavy atom. The zero-order valence-electron chi connectivity index (χ0n) is 15.2. The summed E-state index contributed by atoms with van der Waals surface area (Å²) in [6.07, 6.45) is 1.83. The molecule has 0 bridgehead atoms. The number of hydrogen-bond acceptors (Lipinski definition) is 9. The van der Waals surface area contributed by atoms with Crippen molar-refractivity contribution in [2.75, 3.05) is 29.5 Å². The molecule has 0 aliphatic carbocycles. The first-order chi connectivity index (χ1) is 14.0. The molecule has 146 valence electrons. The smallest absolute Gasteiger partial charge is 0.229 e. The number of nitrogens with two attached hydrogens (primary N) is 2. The first kappa shape index (κ1) is 17.9. The third kappa shape index (κ3) is 3.50. The fourth-order valence-electron chi connectivity index (χ4n) is 3.31. The number of ether oxygens (including phenoxy) is 1. The van der Waals surface area contributed by atoms with Gasteiger partial charge in [-0.3, -0.25) is 0 Å². The van der Waals surface area contributed by atoms with Crippen molar-refractivity contribution in [2.24, 2.45) is 0 Å². The van der Waals surface area contributed by atoms with Gasteiger partial charge in [0.25, 0.3) is 0 Å². The van der Waals surface area contributed by atoms with E-state index < -0.39 is 0 Å². The normalized spacial score (nSPS) is 13.8. The van der Waals surface area contributed by atoms with Gasteiger partial charge in [0.1, 0.15) is 33.7 Å². The molecule has 1 aliphatic rings. The van der Waals surface area contributed by atoms with Gasteiger partial charge in [0.2, 0.25) is 5.95 Å². The first-order valence-corrected chi connectivity index (χ1v) is 10.1. The van der Waals surface area contributed by atoms with Crippen molar-refractivity contribution in [1.82, 2.24) is 19.9 Å². The lowest BCUT2D eigenvalue weighted by Gasteiger charge is -2.20. The van der Waals surface area contributed by atoms with Crippen LogP contribution in [0.15, 0.2) is 36.5 Å². The van der Waals surface area contributed by atoms with Gasteiger partial charge in [0.05, 0.1) is 6.54 Å².